The number of likely N-dealkylation sites (N-methyl/N-ethyl adjacent to an activating group) is 1. The van der Waals surface area contributed by atoms with Gasteiger partial charge in [-0.05, 0) is 47.6 Å². The van der Waals surface area contributed by atoms with Crippen molar-refractivity contribution in [3.05, 3.63) is 26.1 Å². The second-order valence-corrected chi connectivity index (χ2v) is 6.23. The lowest BCUT2D eigenvalue weighted by Gasteiger charge is -2.33. The Labute approximate surface area is 130 Å². The quantitative estimate of drug-likeness (QED) is 0.785. The van der Waals surface area contributed by atoms with Crippen molar-refractivity contribution in [1.29, 1.82) is 0 Å². The number of rotatable bonds is 3. The Kier molecular flexibility index (Phi) is 4.69. The highest BCUT2D eigenvalue weighted by molar-refractivity contribution is 9.11. The lowest BCUT2D eigenvalue weighted by molar-refractivity contribution is 0.0690. The average Bonchev–Trinajstić information content (AvgIpc) is 2.41. The number of carbonyl (C=O) groups is 1. The van der Waals surface area contributed by atoms with E-state index in [1.165, 1.54) is 0 Å². The van der Waals surface area contributed by atoms with Crippen molar-refractivity contribution in [2.24, 2.45) is 0 Å². The van der Waals surface area contributed by atoms with Crippen LogP contribution in [0.2, 0.25) is 0 Å². The van der Waals surface area contributed by atoms with Gasteiger partial charge < -0.3 is 4.74 Å². The second kappa shape index (κ2) is 5.94. The molecule has 0 radical (unpaired) electrons. The van der Waals surface area contributed by atoms with E-state index in [0.29, 0.717) is 17.9 Å². The summed E-state index contributed by atoms with van der Waals surface area (Å²) in [5.74, 6) is 0.820. The first kappa shape index (κ1) is 15.0. The Morgan fingerprint density at radius 3 is 2.58 bits per heavy atom. The number of hydrogen-bond donors (Lipinski definition) is 0. The van der Waals surface area contributed by atoms with E-state index in [2.05, 4.69) is 50.6 Å². The zero-order chi connectivity index (χ0) is 14.2. The van der Waals surface area contributed by atoms with Gasteiger partial charge in [-0.1, -0.05) is 29.8 Å². The van der Waals surface area contributed by atoms with Crippen molar-refractivity contribution < 1.29 is 9.53 Å². The highest BCUT2D eigenvalue weighted by atomic mass is 79.9. The van der Waals surface area contributed by atoms with Gasteiger partial charge in [0.15, 0.2) is 5.78 Å². The van der Waals surface area contributed by atoms with Gasteiger partial charge in [0.25, 0.3) is 0 Å². The molecule has 0 aliphatic carbocycles. The minimum atomic E-state index is -0.177. The van der Waals surface area contributed by atoms with Crippen LogP contribution in [0.15, 0.2) is 15.0 Å². The Bertz CT molecular complexity index is 513. The van der Waals surface area contributed by atoms with E-state index in [9.17, 15) is 4.79 Å². The van der Waals surface area contributed by atoms with Gasteiger partial charge in [0.1, 0.15) is 18.4 Å². The molecule has 0 unspecified atom stereocenters. The van der Waals surface area contributed by atoms with Crippen molar-refractivity contribution in [1.82, 2.24) is 4.90 Å². The summed E-state index contributed by atoms with van der Waals surface area (Å²) in [5.41, 5.74) is 1.71. The van der Waals surface area contributed by atoms with E-state index >= 15 is 0 Å². The van der Waals surface area contributed by atoms with Gasteiger partial charge in [-0.3, -0.25) is 9.69 Å². The zero-order valence-corrected chi connectivity index (χ0v) is 14.5. The molecule has 2 rings (SSSR count). The average molecular weight is 391 g/mol. The summed E-state index contributed by atoms with van der Waals surface area (Å²) in [6, 6.07) is 1.69. The molecule has 0 spiro atoms. The van der Waals surface area contributed by atoms with Gasteiger partial charge in [0.2, 0.25) is 0 Å². The summed E-state index contributed by atoms with van der Waals surface area (Å²) in [5, 5.41) is 0. The van der Waals surface area contributed by atoms with E-state index in [1.54, 1.807) is 0 Å². The lowest BCUT2D eigenvalue weighted by atomic mass is 9.98. The van der Waals surface area contributed by atoms with Crippen LogP contribution in [-0.4, -0.2) is 36.4 Å². The number of nitrogens with zero attached hydrogens (tertiary/aromatic N) is 1. The largest absolute Gasteiger partial charge is 0.489 e. The molecule has 0 saturated carbocycles. The molecule has 1 aliphatic heterocycles. The first-order chi connectivity index (χ1) is 9.01. The molecule has 104 valence electrons. The standard InChI is InChI=1S/C14H17Br2NO2/c1-4-17(5-2)11-7-19-14-9(13(11)18)6-10(15)8(3)12(14)16/h6,11H,4-5,7H2,1-3H3/t11-/m0/s1. The maximum Gasteiger partial charge on any atom is 0.187 e. The second-order valence-electron chi connectivity index (χ2n) is 4.59. The molecule has 1 aromatic rings. The molecule has 0 saturated heterocycles. The molecule has 1 heterocycles. The Hall–Kier alpha value is -0.390. The van der Waals surface area contributed by atoms with Crippen LogP contribution in [-0.2, 0) is 0 Å². The molecule has 0 amide bonds. The van der Waals surface area contributed by atoms with Gasteiger partial charge in [0.05, 0.1) is 10.0 Å². The first-order valence-electron chi connectivity index (χ1n) is 6.40. The van der Waals surface area contributed by atoms with E-state index < -0.39 is 0 Å². The summed E-state index contributed by atoms with van der Waals surface area (Å²) >= 11 is 7.01. The molecular weight excluding hydrogens is 374 g/mol. The van der Waals surface area contributed by atoms with Crippen LogP contribution in [0, 0.1) is 6.92 Å². The number of hydrogen-bond acceptors (Lipinski definition) is 3. The SMILES string of the molecule is CCN(CC)[C@H]1COc2c(cc(Br)c(C)c2Br)C1=O. The molecular formula is C14H17Br2NO2. The van der Waals surface area contributed by atoms with Crippen molar-refractivity contribution >= 4 is 37.6 Å². The van der Waals surface area contributed by atoms with Crippen LogP contribution in [0.5, 0.6) is 5.75 Å². The molecule has 0 bridgehead atoms. The lowest BCUT2D eigenvalue weighted by Crippen LogP contribution is -2.47. The van der Waals surface area contributed by atoms with Gasteiger partial charge in [-0.2, -0.15) is 0 Å². The summed E-state index contributed by atoms with van der Waals surface area (Å²) in [6.45, 7) is 8.23. The normalized spacial score (nSPS) is 18.4. The summed E-state index contributed by atoms with van der Waals surface area (Å²) in [7, 11) is 0. The van der Waals surface area contributed by atoms with Gasteiger partial charge in [-0.25, -0.2) is 0 Å². The zero-order valence-electron chi connectivity index (χ0n) is 11.3. The molecule has 5 heteroatoms. The van der Waals surface area contributed by atoms with Gasteiger partial charge in [0, 0.05) is 4.47 Å². The van der Waals surface area contributed by atoms with Crippen molar-refractivity contribution in [3.8, 4) is 5.75 Å². The Morgan fingerprint density at radius 1 is 1.37 bits per heavy atom. The van der Waals surface area contributed by atoms with E-state index in [-0.39, 0.29) is 11.8 Å². The van der Waals surface area contributed by atoms with E-state index in [4.69, 9.17) is 4.74 Å². The topological polar surface area (TPSA) is 29.5 Å². The fourth-order valence-electron chi connectivity index (χ4n) is 2.37. The predicted octanol–water partition coefficient (Wildman–Crippen LogP) is 3.81. The Morgan fingerprint density at radius 2 is 2.00 bits per heavy atom. The number of ether oxygens (including phenoxy) is 1. The van der Waals surface area contributed by atoms with E-state index in [0.717, 1.165) is 27.6 Å². The minimum absolute atomic E-state index is 0.145. The molecule has 0 fully saturated rings. The Balaban J connectivity index is 2.44. The fourth-order valence-corrected chi connectivity index (χ4v) is 3.61. The number of benzene rings is 1. The minimum Gasteiger partial charge on any atom is -0.489 e. The highest BCUT2D eigenvalue weighted by Gasteiger charge is 2.34. The monoisotopic (exact) mass is 389 g/mol. The molecule has 1 atom stereocenters. The molecule has 1 aromatic carbocycles. The van der Waals surface area contributed by atoms with Gasteiger partial charge >= 0.3 is 0 Å². The summed E-state index contributed by atoms with van der Waals surface area (Å²) in [6.07, 6.45) is 0. The third kappa shape index (κ3) is 2.60. The van der Waals surface area contributed by atoms with Crippen molar-refractivity contribution in [2.45, 2.75) is 26.8 Å². The van der Waals surface area contributed by atoms with Gasteiger partial charge in [-0.15, -0.1) is 0 Å². The van der Waals surface area contributed by atoms with Crippen LogP contribution in [0.4, 0.5) is 0 Å². The molecule has 19 heavy (non-hydrogen) atoms. The molecule has 0 N–H and O–H groups in total. The summed E-state index contributed by atoms with van der Waals surface area (Å²) in [4.78, 5) is 14.8. The maximum absolute atomic E-state index is 12.6. The van der Waals surface area contributed by atoms with Crippen molar-refractivity contribution in [3.63, 3.8) is 0 Å². The summed E-state index contributed by atoms with van der Waals surface area (Å²) < 4.78 is 7.62. The van der Waals surface area contributed by atoms with Crippen LogP contribution in [0.3, 0.4) is 0 Å². The highest BCUT2D eigenvalue weighted by Crippen LogP contribution is 2.39. The first-order valence-corrected chi connectivity index (χ1v) is 7.99. The number of ketones is 1. The maximum atomic E-state index is 12.6. The molecule has 0 aromatic heterocycles. The smallest absolute Gasteiger partial charge is 0.187 e. The van der Waals surface area contributed by atoms with Crippen LogP contribution in [0.1, 0.15) is 29.8 Å². The number of fused-ring (bicyclic) bond motifs is 1. The van der Waals surface area contributed by atoms with E-state index in [1.807, 2.05) is 13.0 Å². The van der Waals surface area contributed by atoms with Crippen LogP contribution >= 0.6 is 31.9 Å². The fraction of sp³-hybridized carbons (Fsp3) is 0.500. The van der Waals surface area contributed by atoms with Crippen LogP contribution in [0.25, 0.3) is 0 Å². The number of Topliss-reactive ketones (excluding diaryl/α,β-unsaturated/α-hetero) is 1. The molecule has 1 aliphatic rings. The predicted molar refractivity (Wildman–Crippen MR) is 83.1 cm³/mol. The number of halogens is 2. The van der Waals surface area contributed by atoms with Crippen LogP contribution < -0.4 is 4.74 Å². The molecule has 3 nitrogen and oxygen atoms in total. The number of carbonyl (C=O) groups excluding carboxylic acids is 1. The third-order valence-electron chi connectivity index (χ3n) is 3.61. The van der Waals surface area contributed by atoms with Crippen molar-refractivity contribution in [2.75, 3.05) is 19.7 Å². The third-order valence-corrected chi connectivity index (χ3v) is 5.39.